The molecule has 0 aromatic rings. The van der Waals surface area contributed by atoms with Gasteiger partial charge in [-0.25, -0.2) is 4.79 Å². The van der Waals surface area contributed by atoms with E-state index in [-0.39, 0.29) is 42.0 Å². The number of esters is 1. The van der Waals surface area contributed by atoms with E-state index < -0.39 is 24.4 Å². The van der Waals surface area contributed by atoms with E-state index in [4.69, 9.17) is 9.47 Å². The summed E-state index contributed by atoms with van der Waals surface area (Å²) in [6.07, 6.45) is 3.25. The first kappa shape index (κ1) is 34.6. The Morgan fingerprint density at radius 3 is 2.13 bits per heavy atom. The molecule has 9 heteroatoms. The lowest BCUT2D eigenvalue weighted by Gasteiger charge is -2.34. The Bertz CT molecular complexity index is 696. The van der Waals surface area contributed by atoms with Gasteiger partial charge in [-0.15, -0.1) is 0 Å². The number of amides is 1. The third kappa shape index (κ3) is 11.8. The Morgan fingerprint density at radius 1 is 0.974 bits per heavy atom. The lowest BCUT2D eigenvalue weighted by Crippen LogP contribution is -2.41. The molecule has 0 aromatic carbocycles. The summed E-state index contributed by atoms with van der Waals surface area (Å²) in [6, 6.07) is 0.389. The van der Waals surface area contributed by atoms with Crippen molar-refractivity contribution in [2.45, 2.75) is 130 Å². The Hall–Kier alpha value is -1.42. The smallest absolute Gasteiger partial charge is 0.407 e. The molecule has 0 aliphatic carbocycles. The average Bonchev–Trinajstić information content (AvgIpc) is 2.82. The second-order valence-corrected chi connectivity index (χ2v) is 12.3. The van der Waals surface area contributed by atoms with Crippen molar-refractivity contribution < 1.29 is 34.4 Å². The fourth-order valence-corrected chi connectivity index (χ4v) is 5.69. The number of ether oxygens (including phenoxy) is 2. The monoisotopic (exact) mass is 544 g/mol. The van der Waals surface area contributed by atoms with Crippen LogP contribution in [0, 0.1) is 23.7 Å². The van der Waals surface area contributed by atoms with Crippen molar-refractivity contribution in [2.24, 2.45) is 23.7 Å². The molecule has 0 spiro atoms. The first-order valence-corrected chi connectivity index (χ1v) is 14.5. The zero-order chi connectivity index (χ0) is 29.2. The molecule has 2 aliphatic heterocycles. The summed E-state index contributed by atoms with van der Waals surface area (Å²) in [4.78, 5) is 27.9. The molecule has 2 fully saturated rings. The van der Waals surface area contributed by atoms with E-state index in [0.717, 1.165) is 32.1 Å². The molecule has 224 valence electrons. The van der Waals surface area contributed by atoms with Crippen LogP contribution in [-0.4, -0.2) is 94.5 Å². The highest BCUT2D eigenvalue weighted by atomic mass is 16.6. The Morgan fingerprint density at radius 2 is 1.61 bits per heavy atom. The van der Waals surface area contributed by atoms with Crippen LogP contribution in [-0.2, 0) is 14.3 Å². The first-order chi connectivity index (χ1) is 17.7. The highest BCUT2D eigenvalue weighted by Gasteiger charge is 2.32. The van der Waals surface area contributed by atoms with E-state index in [1.165, 1.54) is 4.90 Å². The van der Waals surface area contributed by atoms with Crippen molar-refractivity contribution in [1.29, 1.82) is 0 Å². The fourth-order valence-electron chi connectivity index (χ4n) is 5.69. The van der Waals surface area contributed by atoms with Crippen LogP contribution >= 0.6 is 0 Å². The molecule has 10 atom stereocenters. The first-order valence-electron chi connectivity index (χ1n) is 14.5. The van der Waals surface area contributed by atoms with Crippen LogP contribution in [0.5, 0.6) is 0 Å². The van der Waals surface area contributed by atoms with E-state index in [1.807, 2.05) is 48.7 Å². The molecule has 0 saturated carbocycles. The predicted octanol–water partition coefficient (Wildman–Crippen LogP) is 4.59. The van der Waals surface area contributed by atoms with Crippen LogP contribution < -0.4 is 0 Å². The van der Waals surface area contributed by atoms with Crippen LogP contribution in [0.15, 0.2) is 0 Å². The molecule has 38 heavy (non-hydrogen) atoms. The van der Waals surface area contributed by atoms with Gasteiger partial charge in [-0.2, -0.15) is 0 Å². The molecule has 2 heterocycles. The minimum atomic E-state index is -0.883. The molecule has 2 rings (SSSR count). The van der Waals surface area contributed by atoms with E-state index in [9.17, 15) is 24.9 Å². The number of carbonyl (C=O) groups is 2. The molecule has 0 aromatic heterocycles. The van der Waals surface area contributed by atoms with Crippen LogP contribution in [0.2, 0.25) is 0 Å². The maximum absolute atomic E-state index is 12.5. The second kappa shape index (κ2) is 16.6. The maximum atomic E-state index is 12.5. The molecular formula is C29H56N2O7. The van der Waals surface area contributed by atoms with Gasteiger partial charge in [-0.05, 0) is 91.1 Å². The number of aliphatic hydroxyl groups is 2. The summed E-state index contributed by atoms with van der Waals surface area (Å²) in [5.74, 6) is -0.511. The van der Waals surface area contributed by atoms with Crippen molar-refractivity contribution in [3.05, 3.63) is 0 Å². The molecule has 2 saturated heterocycles. The van der Waals surface area contributed by atoms with Crippen molar-refractivity contribution in [3.63, 3.8) is 0 Å². The Kier molecular flexibility index (Phi) is 15.1. The van der Waals surface area contributed by atoms with E-state index in [2.05, 4.69) is 11.8 Å². The summed E-state index contributed by atoms with van der Waals surface area (Å²) in [5.41, 5.74) is 0. The topological polar surface area (TPSA) is 120 Å². The zero-order valence-corrected chi connectivity index (χ0v) is 25.3. The molecule has 2 aliphatic rings. The van der Waals surface area contributed by atoms with Crippen LogP contribution in [0.1, 0.15) is 93.4 Å². The van der Waals surface area contributed by atoms with Gasteiger partial charge in [0.1, 0.15) is 6.10 Å². The fraction of sp³-hybridized carbons (Fsp3) is 0.931. The van der Waals surface area contributed by atoms with Crippen molar-refractivity contribution >= 4 is 12.1 Å². The van der Waals surface area contributed by atoms with Gasteiger partial charge in [-0.3, -0.25) is 4.79 Å². The van der Waals surface area contributed by atoms with Crippen LogP contribution in [0.25, 0.3) is 0 Å². The third-order valence-corrected chi connectivity index (χ3v) is 8.19. The van der Waals surface area contributed by atoms with Gasteiger partial charge >= 0.3 is 12.1 Å². The number of aliphatic hydroxyl groups excluding tert-OH is 2. The lowest BCUT2D eigenvalue weighted by atomic mass is 9.84. The molecule has 8 unspecified atom stereocenters. The van der Waals surface area contributed by atoms with Crippen LogP contribution in [0.3, 0.4) is 0 Å². The average molecular weight is 545 g/mol. The maximum Gasteiger partial charge on any atom is 0.407 e. The number of carbonyl (C=O) groups excluding carboxylic acids is 1. The Labute approximate surface area is 230 Å². The van der Waals surface area contributed by atoms with Gasteiger partial charge in [0.2, 0.25) is 0 Å². The number of nitrogens with zero attached hydrogens (tertiary/aromatic N) is 2. The highest BCUT2D eigenvalue weighted by molar-refractivity contribution is 5.72. The van der Waals surface area contributed by atoms with Crippen molar-refractivity contribution in [3.8, 4) is 0 Å². The van der Waals surface area contributed by atoms with Gasteiger partial charge in [0.15, 0.2) is 6.29 Å². The SMILES string of the molecule is CC1CC(N(C)C)CC(O)O1.CCC1CC[C@@H](C)CN(C(=O)O)[C@H](C)CC(C)CC(C)C(O)C(C)C(=O)O1. The molecular weight excluding hydrogens is 488 g/mol. The van der Waals surface area contributed by atoms with Gasteiger partial charge in [0.05, 0.1) is 18.1 Å². The molecule has 9 nitrogen and oxygen atoms in total. The summed E-state index contributed by atoms with van der Waals surface area (Å²) < 4.78 is 10.8. The Balaban J connectivity index is 0.000000544. The number of hydrogen-bond acceptors (Lipinski definition) is 7. The van der Waals surface area contributed by atoms with E-state index in [0.29, 0.717) is 25.4 Å². The molecule has 1 amide bonds. The summed E-state index contributed by atoms with van der Waals surface area (Å²) in [7, 11) is 4.07. The normalized spacial score (nSPS) is 38.3. The second-order valence-electron chi connectivity index (χ2n) is 12.3. The van der Waals surface area contributed by atoms with Gasteiger partial charge in [-0.1, -0.05) is 27.7 Å². The van der Waals surface area contributed by atoms with Crippen LogP contribution in [0.4, 0.5) is 4.79 Å². The quantitative estimate of drug-likeness (QED) is 0.432. The number of hydrogen-bond donors (Lipinski definition) is 3. The van der Waals surface area contributed by atoms with E-state index >= 15 is 0 Å². The third-order valence-electron chi connectivity index (χ3n) is 8.19. The van der Waals surface area contributed by atoms with Crippen molar-refractivity contribution in [2.75, 3.05) is 20.6 Å². The van der Waals surface area contributed by atoms with E-state index in [1.54, 1.807) is 6.92 Å². The standard InChI is InChI=1S/C21H39NO5.C8H17NO2/c1-7-18-9-8-13(2)12-22(21(25)26)16(5)11-14(3)10-15(4)19(23)17(6)20(24)27-18;1-6-4-7(9(2)3)5-8(10)11-6/h13-19,23H,7-12H2,1-6H3,(H,25,26);6-8,10H,4-5H2,1-3H3/t13-,14?,15?,16-,17?,18?,19?;/m1./s1. The minimum absolute atomic E-state index is 0.0582. The summed E-state index contributed by atoms with van der Waals surface area (Å²) in [6.45, 7) is 14.2. The molecule has 0 radical (unpaired) electrons. The molecule has 3 N–H and O–H groups in total. The largest absolute Gasteiger partial charge is 0.465 e. The summed E-state index contributed by atoms with van der Waals surface area (Å²) in [5, 5.41) is 29.5. The number of carboxylic acid groups (broad SMARTS) is 1. The molecule has 0 bridgehead atoms. The van der Waals surface area contributed by atoms with Gasteiger partial charge in [0, 0.05) is 25.0 Å². The van der Waals surface area contributed by atoms with Crippen molar-refractivity contribution in [1.82, 2.24) is 9.80 Å². The minimum Gasteiger partial charge on any atom is -0.465 e. The predicted molar refractivity (Wildman–Crippen MR) is 149 cm³/mol. The van der Waals surface area contributed by atoms with Gasteiger partial charge < -0.3 is 34.6 Å². The number of rotatable bonds is 2. The summed E-state index contributed by atoms with van der Waals surface area (Å²) >= 11 is 0. The number of cyclic esters (lactones) is 1. The van der Waals surface area contributed by atoms with Gasteiger partial charge in [0.25, 0.3) is 0 Å². The highest BCUT2D eigenvalue weighted by Crippen LogP contribution is 2.27. The lowest BCUT2D eigenvalue weighted by molar-refractivity contribution is -0.172. The zero-order valence-electron chi connectivity index (χ0n) is 25.3.